The molecule has 42 heavy (non-hydrogen) atoms. The maximum Gasteiger partial charge on any atom is 0.416 e. The Morgan fingerprint density at radius 1 is 1.00 bits per heavy atom. The highest BCUT2D eigenvalue weighted by Gasteiger charge is 2.33. The first-order valence-electron chi connectivity index (χ1n) is 13.8. The number of benzene rings is 2. The molecule has 3 heterocycles. The highest BCUT2D eigenvalue weighted by Crippen LogP contribution is 2.32. The lowest BCUT2D eigenvalue weighted by molar-refractivity contribution is -0.138. The van der Waals surface area contributed by atoms with Crippen LogP contribution in [0.15, 0.2) is 76.3 Å². The van der Waals surface area contributed by atoms with Crippen LogP contribution in [0.2, 0.25) is 0 Å². The summed E-state index contributed by atoms with van der Waals surface area (Å²) in [5.74, 6) is 3.18. The molecule has 0 unspecified atom stereocenters. The molecule has 3 aromatic rings. The molecule has 0 amide bonds. The van der Waals surface area contributed by atoms with Crippen molar-refractivity contribution < 1.29 is 17.9 Å². The lowest BCUT2D eigenvalue weighted by atomic mass is 10.1. The number of halogens is 3. The van der Waals surface area contributed by atoms with Gasteiger partial charge >= 0.3 is 6.18 Å². The molecule has 218 valence electrons. The Hall–Kier alpha value is -4.49. The first-order valence-corrected chi connectivity index (χ1v) is 13.8. The van der Waals surface area contributed by atoms with E-state index in [4.69, 9.17) is 9.73 Å². The molecule has 1 saturated heterocycles. The van der Waals surface area contributed by atoms with E-state index in [1.165, 1.54) is 29.9 Å². The molecule has 1 aromatic heterocycles. The normalized spacial score (nSPS) is 15.5. The number of hydrogen-bond acceptors (Lipinski definition) is 6. The maximum atomic E-state index is 13.8. The molecule has 1 fully saturated rings. The van der Waals surface area contributed by atoms with Crippen molar-refractivity contribution in [1.29, 1.82) is 0 Å². The molecule has 2 aliphatic rings. The van der Waals surface area contributed by atoms with E-state index in [1.54, 1.807) is 6.07 Å². The van der Waals surface area contributed by atoms with E-state index in [0.29, 0.717) is 23.9 Å². The van der Waals surface area contributed by atoms with Crippen LogP contribution in [0.25, 0.3) is 6.08 Å². The van der Waals surface area contributed by atoms with Crippen molar-refractivity contribution in [2.75, 3.05) is 50.6 Å². The van der Waals surface area contributed by atoms with Crippen molar-refractivity contribution in [3.8, 4) is 12.0 Å². The summed E-state index contributed by atoms with van der Waals surface area (Å²) in [6, 6.07) is 14.9. The number of allylic oxidation sites excluding steroid dienone is 1. The number of anilines is 2. The quantitative estimate of drug-likeness (QED) is 0.470. The summed E-state index contributed by atoms with van der Waals surface area (Å²) in [6.07, 6.45) is 3.01. The smallest absolute Gasteiger partial charge is 0.416 e. The van der Waals surface area contributed by atoms with E-state index in [2.05, 4.69) is 46.3 Å². The molecule has 0 atom stereocenters. The Labute approximate surface area is 242 Å². The van der Waals surface area contributed by atoms with Gasteiger partial charge in [-0.25, -0.2) is 4.99 Å². The van der Waals surface area contributed by atoms with Crippen molar-refractivity contribution in [3.63, 3.8) is 0 Å². The number of methoxy groups -OCH3 is 1. The predicted molar refractivity (Wildman–Crippen MR) is 157 cm³/mol. The number of aromatic nitrogens is 1. The van der Waals surface area contributed by atoms with Crippen molar-refractivity contribution in [1.82, 2.24) is 9.47 Å². The molecule has 7 nitrogen and oxygen atoms in total. The summed E-state index contributed by atoms with van der Waals surface area (Å²) < 4.78 is 47.6. The Kier molecular flexibility index (Phi) is 8.69. The zero-order valence-corrected chi connectivity index (χ0v) is 23.5. The highest BCUT2D eigenvalue weighted by molar-refractivity contribution is 5.57. The van der Waals surface area contributed by atoms with Crippen LogP contribution in [-0.4, -0.2) is 49.8 Å². The maximum absolute atomic E-state index is 13.8. The van der Waals surface area contributed by atoms with Crippen LogP contribution in [0.5, 0.6) is 0 Å². The van der Waals surface area contributed by atoms with Gasteiger partial charge in [0.2, 0.25) is 0 Å². The first kappa shape index (κ1) is 29.0. The van der Waals surface area contributed by atoms with E-state index in [0.717, 1.165) is 43.6 Å². The van der Waals surface area contributed by atoms with Gasteiger partial charge in [-0.05, 0) is 73.8 Å². The fourth-order valence-corrected chi connectivity index (χ4v) is 5.07. The lowest BCUT2D eigenvalue weighted by Gasteiger charge is -2.34. The van der Waals surface area contributed by atoms with Crippen LogP contribution in [0, 0.1) is 12.0 Å². The number of hydrogen-bond donors (Lipinski definition) is 1. The summed E-state index contributed by atoms with van der Waals surface area (Å²) in [7, 11) is 3.50. The minimum Gasteiger partial charge on any atom is -0.450 e. The van der Waals surface area contributed by atoms with Gasteiger partial charge in [0.05, 0.1) is 24.8 Å². The number of likely N-dealkylation sites (N-methyl/N-ethyl adjacent to an activating group) is 1. The zero-order valence-electron chi connectivity index (χ0n) is 23.5. The fourth-order valence-electron chi connectivity index (χ4n) is 5.07. The topological polar surface area (TPSA) is 62.1 Å². The average Bonchev–Trinajstić information content (AvgIpc) is 2.96. The SMILES string of the molecule is COC#Cc1cc2c(n(Cc3ccccc3C(F)(F)F)c1=O)=NC(Nc1ccc(N3CCN(C)CC3)cc1)=CCCC=2. The van der Waals surface area contributed by atoms with E-state index in [-0.39, 0.29) is 23.2 Å². The number of alkyl halides is 3. The lowest BCUT2D eigenvalue weighted by Crippen LogP contribution is -2.45. The third-order valence-electron chi connectivity index (χ3n) is 7.33. The molecule has 0 radical (unpaired) electrons. The van der Waals surface area contributed by atoms with Crippen molar-refractivity contribution in [2.45, 2.75) is 25.6 Å². The molecule has 1 N–H and O–H groups in total. The molecule has 0 saturated carbocycles. The Bertz CT molecular complexity index is 1710. The molecule has 0 aliphatic carbocycles. The predicted octanol–water partition coefficient (Wildman–Crippen LogP) is 3.77. The van der Waals surface area contributed by atoms with Crippen LogP contribution < -0.4 is 26.5 Å². The van der Waals surface area contributed by atoms with Crippen molar-refractivity contribution in [3.05, 3.63) is 104 Å². The minimum absolute atomic E-state index is 0.0404. The average molecular weight is 576 g/mol. The van der Waals surface area contributed by atoms with Crippen LogP contribution in [-0.2, 0) is 17.5 Å². The summed E-state index contributed by atoms with van der Waals surface area (Å²) in [6.45, 7) is 3.61. The summed E-state index contributed by atoms with van der Waals surface area (Å²) >= 11 is 0. The summed E-state index contributed by atoms with van der Waals surface area (Å²) in [4.78, 5) is 23.0. The van der Waals surface area contributed by atoms with Gasteiger partial charge in [-0.15, -0.1) is 0 Å². The Morgan fingerprint density at radius 3 is 2.43 bits per heavy atom. The fraction of sp³-hybridized carbons (Fsp3) is 0.312. The third kappa shape index (κ3) is 6.69. The highest BCUT2D eigenvalue weighted by atomic mass is 19.4. The van der Waals surface area contributed by atoms with Gasteiger partial charge in [0.1, 0.15) is 17.4 Å². The second-order valence-corrected chi connectivity index (χ2v) is 10.3. The molecule has 10 heteroatoms. The second kappa shape index (κ2) is 12.6. The van der Waals surface area contributed by atoms with E-state index >= 15 is 0 Å². The number of rotatable bonds is 5. The summed E-state index contributed by atoms with van der Waals surface area (Å²) in [5.41, 5.74) is 0.929. The number of ether oxygens (including phenoxy) is 1. The van der Waals surface area contributed by atoms with Crippen LogP contribution >= 0.6 is 0 Å². The van der Waals surface area contributed by atoms with Gasteiger partial charge in [0.25, 0.3) is 5.56 Å². The molecule has 5 rings (SSSR count). The third-order valence-corrected chi connectivity index (χ3v) is 7.33. The Morgan fingerprint density at radius 2 is 1.71 bits per heavy atom. The van der Waals surface area contributed by atoms with Crippen LogP contribution in [0.3, 0.4) is 0 Å². The number of fused-ring (bicyclic) bond motifs is 1. The number of nitrogens with one attached hydrogen (secondary N) is 1. The number of pyridine rings is 1. The van der Waals surface area contributed by atoms with E-state index < -0.39 is 17.3 Å². The van der Waals surface area contributed by atoms with Gasteiger partial charge in [-0.1, -0.05) is 24.3 Å². The number of piperazine rings is 1. The van der Waals surface area contributed by atoms with Gasteiger partial charge < -0.3 is 19.9 Å². The zero-order chi connectivity index (χ0) is 29.7. The largest absolute Gasteiger partial charge is 0.450 e. The molecule has 2 aromatic carbocycles. The van der Waals surface area contributed by atoms with Gasteiger partial charge in [-0.2, -0.15) is 13.2 Å². The number of nitrogens with zero attached hydrogens (tertiary/aromatic N) is 4. The van der Waals surface area contributed by atoms with E-state index in [1.807, 2.05) is 24.3 Å². The monoisotopic (exact) mass is 575 g/mol. The van der Waals surface area contributed by atoms with E-state index in [9.17, 15) is 18.0 Å². The Balaban J connectivity index is 1.55. The van der Waals surface area contributed by atoms with Gasteiger partial charge in [0.15, 0.2) is 0 Å². The van der Waals surface area contributed by atoms with Crippen molar-refractivity contribution in [2.24, 2.45) is 4.99 Å². The standard InChI is InChI=1S/C32H32F3N5O2/c1-38-16-18-39(19-17-38)27-13-11-26(12-14-27)36-29-10-6-4-7-23-21-24(15-20-42-2)31(41)40(30(23)37-29)22-25-8-3-5-9-28(25)32(33,34)35/h3,5,7-14,21,36H,4,6,16-19,22H2,1-2H3. The van der Waals surface area contributed by atoms with Crippen LogP contribution in [0.4, 0.5) is 24.5 Å². The minimum atomic E-state index is -4.58. The molecular formula is C32H32F3N5O2. The molecule has 0 bridgehead atoms. The molecule has 0 spiro atoms. The first-order chi connectivity index (χ1) is 20.2. The summed E-state index contributed by atoms with van der Waals surface area (Å²) in [5, 5.41) is 3.94. The van der Waals surface area contributed by atoms with Gasteiger partial charge in [-0.3, -0.25) is 9.36 Å². The van der Waals surface area contributed by atoms with Gasteiger partial charge in [0, 0.05) is 42.8 Å². The van der Waals surface area contributed by atoms with Crippen LogP contribution in [0.1, 0.15) is 29.5 Å². The molecule has 2 aliphatic heterocycles. The van der Waals surface area contributed by atoms with Crippen molar-refractivity contribution >= 4 is 17.5 Å². The second-order valence-electron chi connectivity index (χ2n) is 10.3. The molecular weight excluding hydrogens is 543 g/mol.